The summed E-state index contributed by atoms with van der Waals surface area (Å²) in [5.74, 6) is 0.338. The first-order valence-corrected chi connectivity index (χ1v) is 8.13. The van der Waals surface area contributed by atoms with E-state index in [9.17, 15) is 9.59 Å². The number of nitrogens with zero attached hydrogens (tertiary/aromatic N) is 2. The Kier molecular flexibility index (Phi) is 4.84. The Morgan fingerprint density at radius 2 is 1.92 bits per heavy atom. The summed E-state index contributed by atoms with van der Waals surface area (Å²) in [5, 5.41) is 6.11. The van der Waals surface area contributed by atoms with E-state index < -0.39 is 0 Å². The van der Waals surface area contributed by atoms with Crippen molar-refractivity contribution in [3.8, 4) is 0 Å². The minimum atomic E-state index is -0.176. The lowest BCUT2D eigenvalue weighted by Gasteiger charge is -2.12. The van der Waals surface area contributed by atoms with Crippen LogP contribution < -0.4 is 10.6 Å². The van der Waals surface area contributed by atoms with Crippen LogP contribution in [0.25, 0.3) is 0 Å². The molecule has 0 aliphatic heterocycles. The number of ketones is 1. The van der Waals surface area contributed by atoms with Gasteiger partial charge >= 0.3 is 0 Å². The van der Waals surface area contributed by atoms with Crippen molar-refractivity contribution in [1.29, 1.82) is 0 Å². The van der Waals surface area contributed by atoms with Crippen LogP contribution in [-0.2, 0) is 0 Å². The summed E-state index contributed by atoms with van der Waals surface area (Å²) in [6.45, 7) is 1.52. The molecular formula is C18H20N4O2. The van der Waals surface area contributed by atoms with Gasteiger partial charge in [0.05, 0.1) is 0 Å². The molecule has 0 atom stereocenters. The molecule has 1 aromatic heterocycles. The van der Waals surface area contributed by atoms with E-state index in [1.165, 1.54) is 13.3 Å². The van der Waals surface area contributed by atoms with Crippen molar-refractivity contribution in [3.63, 3.8) is 0 Å². The van der Waals surface area contributed by atoms with Gasteiger partial charge in [-0.05, 0) is 31.9 Å². The van der Waals surface area contributed by atoms with Gasteiger partial charge in [0.15, 0.2) is 5.78 Å². The number of aromatic nitrogens is 2. The van der Waals surface area contributed by atoms with Crippen LogP contribution in [0.1, 0.15) is 53.5 Å². The summed E-state index contributed by atoms with van der Waals surface area (Å²) in [6, 6.07) is 9.01. The van der Waals surface area contributed by atoms with Crippen molar-refractivity contribution in [3.05, 3.63) is 47.9 Å². The zero-order valence-electron chi connectivity index (χ0n) is 13.6. The maximum Gasteiger partial charge on any atom is 0.270 e. The molecule has 2 aromatic rings. The molecule has 1 aliphatic carbocycles. The van der Waals surface area contributed by atoms with E-state index in [4.69, 9.17) is 0 Å². The third-order valence-corrected chi connectivity index (χ3v) is 4.13. The molecule has 0 unspecified atom stereocenters. The minimum absolute atomic E-state index is 0.00188. The summed E-state index contributed by atoms with van der Waals surface area (Å²) in [5.41, 5.74) is 1.69. The van der Waals surface area contributed by atoms with Gasteiger partial charge in [-0.25, -0.2) is 9.97 Å². The van der Waals surface area contributed by atoms with Crippen LogP contribution in [0.5, 0.6) is 0 Å². The second kappa shape index (κ2) is 7.21. The fourth-order valence-corrected chi connectivity index (χ4v) is 2.84. The van der Waals surface area contributed by atoms with Gasteiger partial charge in [-0.2, -0.15) is 0 Å². The van der Waals surface area contributed by atoms with Gasteiger partial charge in [-0.1, -0.05) is 25.0 Å². The molecule has 2 N–H and O–H groups in total. The normalized spacial score (nSPS) is 14.4. The van der Waals surface area contributed by atoms with Crippen molar-refractivity contribution in [1.82, 2.24) is 15.3 Å². The quantitative estimate of drug-likeness (QED) is 0.826. The van der Waals surface area contributed by atoms with E-state index >= 15 is 0 Å². The molecule has 1 aliphatic rings. The van der Waals surface area contributed by atoms with Gasteiger partial charge < -0.3 is 10.6 Å². The number of benzene rings is 1. The van der Waals surface area contributed by atoms with E-state index in [2.05, 4.69) is 20.6 Å². The lowest BCUT2D eigenvalue weighted by molar-refractivity contribution is 0.0932. The molecule has 0 saturated heterocycles. The van der Waals surface area contributed by atoms with Crippen LogP contribution in [0.3, 0.4) is 0 Å². The molecule has 3 rings (SSSR count). The van der Waals surface area contributed by atoms with Gasteiger partial charge in [-0.15, -0.1) is 0 Å². The Balaban J connectivity index is 1.71. The van der Waals surface area contributed by atoms with Crippen molar-refractivity contribution >= 4 is 23.2 Å². The van der Waals surface area contributed by atoms with Crippen LogP contribution in [0.2, 0.25) is 0 Å². The summed E-state index contributed by atoms with van der Waals surface area (Å²) in [4.78, 5) is 31.9. The van der Waals surface area contributed by atoms with E-state index in [-0.39, 0.29) is 17.7 Å². The van der Waals surface area contributed by atoms with Crippen LogP contribution >= 0.6 is 0 Å². The third kappa shape index (κ3) is 3.95. The monoisotopic (exact) mass is 324 g/mol. The number of Topliss-reactive ketones (excluding diaryl/α,β-unsaturated/α-hetero) is 1. The van der Waals surface area contributed by atoms with E-state index in [0.29, 0.717) is 17.1 Å². The van der Waals surface area contributed by atoms with Crippen molar-refractivity contribution < 1.29 is 9.59 Å². The number of amides is 1. The number of carbonyl (C=O) groups is 2. The molecule has 6 nitrogen and oxygen atoms in total. The average Bonchev–Trinajstić information content (AvgIpc) is 3.08. The summed E-state index contributed by atoms with van der Waals surface area (Å²) >= 11 is 0. The van der Waals surface area contributed by atoms with Crippen molar-refractivity contribution in [2.45, 2.75) is 38.6 Å². The van der Waals surface area contributed by atoms with E-state index in [1.807, 2.05) is 6.07 Å². The molecule has 24 heavy (non-hydrogen) atoms. The zero-order valence-corrected chi connectivity index (χ0v) is 13.6. The number of anilines is 2. The molecule has 124 valence electrons. The highest BCUT2D eigenvalue weighted by atomic mass is 16.2. The number of nitrogens with one attached hydrogen (secondary N) is 2. The van der Waals surface area contributed by atoms with Crippen LogP contribution in [0.4, 0.5) is 11.5 Å². The minimum Gasteiger partial charge on any atom is -0.348 e. The number of hydrogen-bond donors (Lipinski definition) is 2. The van der Waals surface area contributed by atoms with Crippen LogP contribution in [0.15, 0.2) is 36.7 Å². The fourth-order valence-electron chi connectivity index (χ4n) is 2.84. The molecule has 6 heteroatoms. The summed E-state index contributed by atoms with van der Waals surface area (Å²) < 4.78 is 0. The van der Waals surface area contributed by atoms with Crippen LogP contribution in [-0.4, -0.2) is 27.7 Å². The summed E-state index contributed by atoms with van der Waals surface area (Å²) in [7, 11) is 0. The van der Waals surface area contributed by atoms with Crippen molar-refractivity contribution in [2.75, 3.05) is 5.32 Å². The molecule has 0 radical (unpaired) electrons. The lowest BCUT2D eigenvalue weighted by Crippen LogP contribution is -2.33. The van der Waals surface area contributed by atoms with Crippen molar-refractivity contribution in [2.24, 2.45) is 0 Å². The first-order valence-electron chi connectivity index (χ1n) is 8.13. The van der Waals surface area contributed by atoms with Crippen LogP contribution in [0, 0.1) is 0 Å². The van der Waals surface area contributed by atoms with Gasteiger partial charge in [0.1, 0.15) is 17.8 Å². The lowest BCUT2D eigenvalue weighted by atomic mass is 10.1. The largest absolute Gasteiger partial charge is 0.348 e. The second-order valence-electron chi connectivity index (χ2n) is 6.01. The number of hydrogen-bond acceptors (Lipinski definition) is 5. The maximum absolute atomic E-state index is 12.3. The Labute approximate surface area is 140 Å². The highest BCUT2D eigenvalue weighted by Gasteiger charge is 2.19. The van der Waals surface area contributed by atoms with E-state index in [1.54, 1.807) is 24.3 Å². The Morgan fingerprint density at radius 1 is 1.12 bits per heavy atom. The van der Waals surface area contributed by atoms with Gasteiger partial charge in [0.2, 0.25) is 0 Å². The molecular weight excluding hydrogens is 304 g/mol. The van der Waals surface area contributed by atoms with Gasteiger partial charge in [0, 0.05) is 23.4 Å². The number of rotatable bonds is 5. The van der Waals surface area contributed by atoms with Gasteiger partial charge in [-0.3, -0.25) is 9.59 Å². The molecule has 1 aromatic carbocycles. The molecule has 0 bridgehead atoms. The SMILES string of the molecule is CC(=O)c1cccc(Nc2cc(C(=O)NC3CCCC3)ncn2)c1. The average molecular weight is 324 g/mol. The zero-order chi connectivity index (χ0) is 16.9. The summed E-state index contributed by atoms with van der Waals surface area (Å²) in [6.07, 6.45) is 5.74. The highest BCUT2D eigenvalue weighted by Crippen LogP contribution is 2.19. The number of carbonyl (C=O) groups excluding carboxylic acids is 2. The standard InChI is InChI=1S/C18H20N4O2/c1-12(23)13-5-4-8-15(9-13)21-17-10-16(19-11-20-17)18(24)22-14-6-2-3-7-14/h4-5,8-11,14H,2-3,6-7H2,1H3,(H,22,24)(H,19,20,21). The smallest absolute Gasteiger partial charge is 0.270 e. The topological polar surface area (TPSA) is 84.0 Å². The molecule has 1 heterocycles. The third-order valence-electron chi connectivity index (χ3n) is 4.13. The van der Waals surface area contributed by atoms with Gasteiger partial charge in [0.25, 0.3) is 5.91 Å². The predicted molar refractivity (Wildman–Crippen MR) is 91.5 cm³/mol. The second-order valence-corrected chi connectivity index (χ2v) is 6.01. The molecule has 1 fully saturated rings. The molecule has 0 spiro atoms. The Bertz CT molecular complexity index is 754. The Hall–Kier alpha value is -2.76. The molecule has 1 amide bonds. The fraction of sp³-hybridized carbons (Fsp3) is 0.333. The first-order chi connectivity index (χ1) is 11.6. The first kappa shape index (κ1) is 16.1. The van der Waals surface area contributed by atoms with E-state index in [0.717, 1.165) is 31.4 Å². The Morgan fingerprint density at radius 3 is 2.67 bits per heavy atom. The molecule has 1 saturated carbocycles. The predicted octanol–water partition coefficient (Wildman–Crippen LogP) is 3.10. The highest BCUT2D eigenvalue weighted by molar-refractivity contribution is 5.95. The maximum atomic E-state index is 12.3.